The molecule has 0 spiro atoms. The molecule has 0 aliphatic heterocycles. The van der Waals surface area contributed by atoms with Gasteiger partial charge in [-0.05, 0) is 61.5 Å². The number of esters is 1. The van der Waals surface area contributed by atoms with Crippen LogP contribution in [0.15, 0.2) is 72.8 Å². The van der Waals surface area contributed by atoms with Gasteiger partial charge in [-0.3, -0.25) is 14.4 Å². The van der Waals surface area contributed by atoms with Gasteiger partial charge < -0.3 is 25.2 Å². The lowest BCUT2D eigenvalue weighted by Crippen LogP contribution is -2.30. The van der Waals surface area contributed by atoms with E-state index in [1.807, 2.05) is 0 Å². The van der Waals surface area contributed by atoms with E-state index in [2.05, 4.69) is 10.6 Å². The molecule has 8 heteroatoms. The molecular weight excluding hydrogens is 412 g/mol. The summed E-state index contributed by atoms with van der Waals surface area (Å²) in [6.45, 7) is 2.86. The Bertz CT molecular complexity index is 1130. The SMILES string of the molecule is CC(=O)Oc1cccc(C(=O)Nc2ccccc2NC(=O)C(C)Oc2ccc(O)cc2)c1. The van der Waals surface area contributed by atoms with Crippen LogP contribution < -0.4 is 20.1 Å². The number of phenolic OH excluding ortho intramolecular Hbond substituents is 1. The summed E-state index contributed by atoms with van der Waals surface area (Å²) in [5, 5.41) is 14.8. The van der Waals surface area contributed by atoms with Gasteiger partial charge in [0.2, 0.25) is 0 Å². The quantitative estimate of drug-likeness (QED) is 0.383. The van der Waals surface area contributed by atoms with Crippen molar-refractivity contribution >= 4 is 29.2 Å². The Morgan fingerprint density at radius 1 is 0.844 bits per heavy atom. The molecule has 3 aromatic rings. The Morgan fingerprint density at radius 2 is 1.50 bits per heavy atom. The van der Waals surface area contributed by atoms with E-state index >= 15 is 0 Å². The maximum Gasteiger partial charge on any atom is 0.308 e. The Labute approximate surface area is 184 Å². The zero-order chi connectivity index (χ0) is 23.1. The van der Waals surface area contributed by atoms with E-state index < -0.39 is 23.9 Å². The van der Waals surface area contributed by atoms with Crippen LogP contribution in [0.4, 0.5) is 11.4 Å². The van der Waals surface area contributed by atoms with Gasteiger partial charge in [0.15, 0.2) is 6.10 Å². The lowest BCUT2D eigenvalue weighted by molar-refractivity contribution is -0.131. The third kappa shape index (κ3) is 6.09. The van der Waals surface area contributed by atoms with Crippen molar-refractivity contribution in [1.29, 1.82) is 0 Å². The van der Waals surface area contributed by atoms with E-state index in [0.717, 1.165) is 0 Å². The van der Waals surface area contributed by atoms with Crippen LogP contribution in [-0.2, 0) is 9.59 Å². The second kappa shape index (κ2) is 10.1. The van der Waals surface area contributed by atoms with Crippen LogP contribution in [0.25, 0.3) is 0 Å². The molecule has 1 unspecified atom stereocenters. The van der Waals surface area contributed by atoms with Crippen LogP contribution in [-0.4, -0.2) is 29.0 Å². The molecule has 3 aromatic carbocycles. The van der Waals surface area contributed by atoms with Crippen LogP contribution >= 0.6 is 0 Å². The van der Waals surface area contributed by atoms with Crippen LogP contribution in [0.1, 0.15) is 24.2 Å². The second-order valence-electron chi connectivity index (χ2n) is 6.86. The van der Waals surface area contributed by atoms with E-state index in [9.17, 15) is 19.5 Å². The van der Waals surface area contributed by atoms with Gasteiger partial charge in [-0.15, -0.1) is 0 Å². The number of aromatic hydroxyl groups is 1. The fourth-order valence-corrected chi connectivity index (χ4v) is 2.78. The molecule has 0 fully saturated rings. The molecule has 0 heterocycles. The molecule has 0 aliphatic carbocycles. The minimum absolute atomic E-state index is 0.0949. The number of hydrogen-bond acceptors (Lipinski definition) is 6. The van der Waals surface area contributed by atoms with Gasteiger partial charge in [0, 0.05) is 12.5 Å². The van der Waals surface area contributed by atoms with Gasteiger partial charge in [0.1, 0.15) is 17.2 Å². The topological polar surface area (TPSA) is 114 Å². The molecule has 0 saturated carbocycles. The van der Waals surface area contributed by atoms with E-state index in [-0.39, 0.29) is 17.1 Å². The minimum Gasteiger partial charge on any atom is -0.508 e. The minimum atomic E-state index is -0.830. The highest BCUT2D eigenvalue weighted by atomic mass is 16.5. The monoisotopic (exact) mass is 434 g/mol. The van der Waals surface area contributed by atoms with Crippen molar-refractivity contribution in [2.24, 2.45) is 0 Å². The van der Waals surface area contributed by atoms with E-state index in [0.29, 0.717) is 17.1 Å². The van der Waals surface area contributed by atoms with Gasteiger partial charge >= 0.3 is 5.97 Å². The van der Waals surface area contributed by atoms with Crippen molar-refractivity contribution in [2.45, 2.75) is 20.0 Å². The van der Waals surface area contributed by atoms with Crippen molar-refractivity contribution in [1.82, 2.24) is 0 Å². The molecular formula is C24H22N2O6. The molecule has 2 amide bonds. The highest BCUT2D eigenvalue weighted by Gasteiger charge is 2.17. The number of anilines is 2. The average molecular weight is 434 g/mol. The summed E-state index contributed by atoms with van der Waals surface area (Å²) in [6, 6.07) is 19.0. The number of para-hydroxylation sites is 2. The van der Waals surface area contributed by atoms with Crippen LogP contribution in [0, 0.1) is 0 Å². The summed E-state index contributed by atoms with van der Waals surface area (Å²) in [4.78, 5) is 36.4. The summed E-state index contributed by atoms with van der Waals surface area (Å²) in [6.07, 6.45) is -0.830. The number of benzene rings is 3. The summed E-state index contributed by atoms with van der Waals surface area (Å²) in [7, 11) is 0. The molecule has 164 valence electrons. The summed E-state index contributed by atoms with van der Waals surface area (Å²) in [5.74, 6) is -0.561. The predicted molar refractivity (Wildman–Crippen MR) is 119 cm³/mol. The number of rotatable bonds is 7. The molecule has 8 nitrogen and oxygen atoms in total. The Balaban J connectivity index is 1.69. The number of phenols is 1. The lowest BCUT2D eigenvalue weighted by atomic mass is 10.2. The summed E-state index contributed by atoms with van der Waals surface area (Å²) in [5.41, 5.74) is 1.07. The summed E-state index contributed by atoms with van der Waals surface area (Å²) >= 11 is 0. The van der Waals surface area contributed by atoms with Gasteiger partial charge in [0.25, 0.3) is 11.8 Å². The fraction of sp³-hybridized carbons (Fsp3) is 0.125. The molecule has 1 atom stereocenters. The maximum atomic E-state index is 12.7. The van der Waals surface area contributed by atoms with Crippen LogP contribution in [0.2, 0.25) is 0 Å². The highest BCUT2D eigenvalue weighted by molar-refractivity contribution is 6.07. The lowest BCUT2D eigenvalue weighted by Gasteiger charge is -2.17. The molecule has 3 N–H and O–H groups in total. The average Bonchev–Trinajstić information content (AvgIpc) is 2.76. The molecule has 0 saturated heterocycles. The predicted octanol–water partition coefficient (Wildman–Crippen LogP) is 3.98. The molecule has 0 bridgehead atoms. The Kier molecular flexibility index (Phi) is 7.07. The van der Waals surface area contributed by atoms with Gasteiger partial charge in [0.05, 0.1) is 11.4 Å². The van der Waals surface area contributed by atoms with Crippen LogP contribution in [0.5, 0.6) is 17.2 Å². The summed E-state index contributed by atoms with van der Waals surface area (Å²) < 4.78 is 10.6. The van der Waals surface area contributed by atoms with Gasteiger partial charge in [-0.1, -0.05) is 18.2 Å². The number of carbonyl (C=O) groups is 3. The van der Waals surface area contributed by atoms with E-state index in [1.165, 1.54) is 25.1 Å². The normalized spacial score (nSPS) is 11.2. The van der Waals surface area contributed by atoms with Crippen molar-refractivity contribution in [2.75, 3.05) is 10.6 Å². The molecule has 0 radical (unpaired) electrons. The zero-order valence-electron chi connectivity index (χ0n) is 17.5. The molecule has 32 heavy (non-hydrogen) atoms. The molecule has 0 aromatic heterocycles. The molecule has 0 aliphatic rings. The fourth-order valence-electron chi connectivity index (χ4n) is 2.78. The molecule has 3 rings (SSSR count). The van der Waals surface area contributed by atoms with Crippen LogP contribution in [0.3, 0.4) is 0 Å². The first kappa shape index (κ1) is 22.4. The number of ether oxygens (including phenoxy) is 2. The first-order valence-corrected chi connectivity index (χ1v) is 9.77. The third-order valence-electron chi connectivity index (χ3n) is 4.31. The van der Waals surface area contributed by atoms with E-state index in [1.54, 1.807) is 61.5 Å². The Hall–Kier alpha value is -4.33. The first-order valence-electron chi connectivity index (χ1n) is 9.77. The Morgan fingerprint density at radius 3 is 2.16 bits per heavy atom. The number of hydrogen-bond donors (Lipinski definition) is 3. The second-order valence-corrected chi connectivity index (χ2v) is 6.86. The van der Waals surface area contributed by atoms with E-state index in [4.69, 9.17) is 9.47 Å². The third-order valence-corrected chi connectivity index (χ3v) is 4.31. The largest absolute Gasteiger partial charge is 0.508 e. The number of amides is 2. The van der Waals surface area contributed by atoms with Gasteiger partial charge in [-0.25, -0.2) is 0 Å². The van der Waals surface area contributed by atoms with Crippen molar-refractivity contribution < 1.29 is 29.0 Å². The standard InChI is InChI=1S/C24H22N2O6/c1-15(31-19-12-10-18(28)11-13-19)23(29)25-21-8-3-4-9-22(21)26-24(30)17-6-5-7-20(14-17)32-16(2)27/h3-15,28H,1-2H3,(H,25,29)(H,26,30). The van der Waals surface area contributed by atoms with Gasteiger partial charge in [-0.2, -0.15) is 0 Å². The maximum absolute atomic E-state index is 12.7. The van der Waals surface area contributed by atoms with Crippen molar-refractivity contribution in [3.63, 3.8) is 0 Å². The first-order chi connectivity index (χ1) is 15.3. The number of nitrogens with one attached hydrogen (secondary N) is 2. The van der Waals surface area contributed by atoms with Crippen molar-refractivity contribution in [3.05, 3.63) is 78.4 Å². The zero-order valence-corrected chi connectivity index (χ0v) is 17.5. The smallest absolute Gasteiger partial charge is 0.308 e. The van der Waals surface area contributed by atoms with Crippen molar-refractivity contribution in [3.8, 4) is 17.2 Å². The highest BCUT2D eigenvalue weighted by Crippen LogP contribution is 2.24. The number of carbonyl (C=O) groups excluding carboxylic acids is 3.